The van der Waals surface area contributed by atoms with Crippen molar-refractivity contribution in [3.63, 3.8) is 0 Å². The van der Waals surface area contributed by atoms with Crippen molar-refractivity contribution in [1.29, 1.82) is 0 Å². The molecule has 7 nitrogen and oxygen atoms in total. The number of aryl methyl sites for hydroxylation is 1. The molecular formula is C14H17N5O2. The molecule has 0 unspecified atom stereocenters. The van der Waals surface area contributed by atoms with E-state index in [4.69, 9.17) is 15.3 Å². The number of anilines is 3. The van der Waals surface area contributed by atoms with E-state index in [1.165, 1.54) is 0 Å². The lowest BCUT2D eigenvalue weighted by atomic mass is 10.2. The van der Waals surface area contributed by atoms with Crippen molar-refractivity contribution < 1.29 is 9.47 Å². The summed E-state index contributed by atoms with van der Waals surface area (Å²) in [5.41, 5.74) is 4.12. The van der Waals surface area contributed by atoms with Gasteiger partial charge in [-0.2, -0.15) is 4.98 Å². The molecule has 7 heteroatoms. The van der Waals surface area contributed by atoms with Gasteiger partial charge in [0.05, 0.1) is 13.2 Å². The monoisotopic (exact) mass is 287 g/mol. The number of rotatable bonds is 3. The Kier molecular flexibility index (Phi) is 3.74. The second kappa shape index (κ2) is 5.84. The summed E-state index contributed by atoms with van der Waals surface area (Å²) in [4.78, 5) is 8.39. The summed E-state index contributed by atoms with van der Waals surface area (Å²) >= 11 is 0. The van der Waals surface area contributed by atoms with Crippen molar-refractivity contribution >= 4 is 17.5 Å². The van der Waals surface area contributed by atoms with E-state index in [-0.39, 0.29) is 0 Å². The molecule has 0 saturated carbocycles. The minimum absolute atomic E-state index is 0.367. The smallest absolute Gasteiger partial charge is 0.239 e. The lowest BCUT2D eigenvalue weighted by molar-refractivity contribution is 0.297. The van der Waals surface area contributed by atoms with Crippen LogP contribution in [0.15, 0.2) is 24.3 Å². The van der Waals surface area contributed by atoms with Gasteiger partial charge in [-0.05, 0) is 19.1 Å². The summed E-state index contributed by atoms with van der Waals surface area (Å²) < 4.78 is 11.3. The minimum Gasteiger partial charge on any atom is -0.490 e. The molecule has 0 fully saturated rings. The molecule has 2 heterocycles. The number of fused-ring (bicyclic) bond motifs is 1. The standard InChI is InChI=1S/C14H17N5O2/c1-9-7-13(18-14(16-9)19-15)17-10-3-4-11-12(8-10)21-6-2-5-20-11/h3-4,7-8H,2,5-6,15H2,1H3,(H2,16,17,18,19). The molecule has 4 N–H and O–H groups in total. The van der Waals surface area contributed by atoms with Crippen LogP contribution in [0.4, 0.5) is 17.5 Å². The third-order valence-corrected chi connectivity index (χ3v) is 3.00. The van der Waals surface area contributed by atoms with Crippen molar-refractivity contribution in [2.45, 2.75) is 13.3 Å². The van der Waals surface area contributed by atoms with E-state index < -0.39 is 0 Å². The van der Waals surface area contributed by atoms with Crippen LogP contribution in [-0.2, 0) is 0 Å². The van der Waals surface area contributed by atoms with Gasteiger partial charge in [0.2, 0.25) is 5.95 Å². The predicted octanol–water partition coefficient (Wildman–Crippen LogP) is 1.98. The van der Waals surface area contributed by atoms with E-state index in [2.05, 4.69) is 20.7 Å². The number of hydrogen-bond donors (Lipinski definition) is 3. The van der Waals surface area contributed by atoms with Gasteiger partial charge in [-0.3, -0.25) is 5.43 Å². The molecule has 0 saturated heterocycles. The van der Waals surface area contributed by atoms with Gasteiger partial charge in [0, 0.05) is 29.9 Å². The SMILES string of the molecule is Cc1cc(Nc2ccc3c(c2)OCCCO3)nc(NN)n1. The molecule has 3 rings (SSSR count). The molecule has 1 aromatic heterocycles. The fraction of sp³-hybridized carbons (Fsp3) is 0.286. The lowest BCUT2D eigenvalue weighted by Gasteiger charge is -2.11. The molecule has 1 aliphatic rings. The number of hydrazine groups is 1. The molecule has 21 heavy (non-hydrogen) atoms. The van der Waals surface area contributed by atoms with Crippen molar-refractivity contribution in [1.82, 2.24) is 9.97 Å². The van der Waals surface area contributed by atoms with Crippen LogP contribution in [-0.4, -0.2) is 23.2 Å². The molecule has 0 aliphatic carbocycles. The van der Waals surface area contributed by atoms with Crippen LogP contribution in [0.1, 0.15) is 12.1 Å². The van der Waals surface area contributed by atoms with Gasteiger partial charge < -0.3 is 14.8 Å². The minimum atomic E-state index is 0.367. The average molecular weight is 287 g/mol. The Labute approximate surface area is 122 Å². The van der Waals surface area contributed by atoms with Crippen molar-refractivity contribution in [3.8, 4) is 11.5 Å². The summed E-state index contributed by atoms with van der Waals surface area (Å²) in [5.74, 6) is 7.88. The van der Waals surface area contributed by atoms with Crippen LogP contribution in [0, 0.1) is 6.92 Å². The highest BCUT2D eigenvalue weighted by Gasteiger charge is 2.11. The second-order valence-electron chi connectivity index (χ2n) is 4.70. The molecule has 2 aromatic rings. The summed E-state index contributed by atoms with van der Waals surface area (Å²) in [6.45, 7) is 3.21. The van der Waals surface area contributed by atoms with Crippen LogP contribution in [0.25, 0.3) is 0 Å². The van der Waals surface area contributed by atoms with E-state index >= 15 is 0 Å². The first kappa shape index (κ1) is 13.4. The fourth-order valence-corrected chi connectivity index (χ4v) is 2.09. The van der Waals surface area contributed by atoms with Gasteiger partial charge in [0.15, 0.2) is 11.5 Å². The predicted molar refractivity (Wildman–Crippen MR) is 79.9 cm³/mol. The molecule has 0 bridgehead atoms. The molecule has 110 valence electrons. The third kappa shape index (κ3) is 3.14. The first-order chi connectivity index (χ1) is 10.2. The number of benzene rings is 1. The zero-order valence-electron chi connectivity index (χ0n) is 11.7. The molecule has 1 aromatic carbocycles. The molecular weight excluding hydrogens is 270 g/mol. The maximum Gasteiger partial charge on any atom is 0.239 e. The van der Waals surface area contributed by atoms with Crippen LogP contribution in [0.3, 0.4) is 0 Å². The van der Waals surface area contributed by atoms with Gasteiger partial charge in [-0.25, -0.2) is 10.8 Å². The van der Waals surface area contributed by atoms with Crippen molar-refractivity contribution in [2.75, 3.05) is 24.0 Å². The zero-order chi connectivity index (χ0) is 14.7. The van der Waals surface area contributed by atoms with Crippen LogP contribution < -0.4 is 26.1 Å². The summed E-state index contributed by atoms with van der Waals surface area (Å²) in [7, 11) is 0. The Balaban J connectivity index is 1.85. The van der Waals surface area contributed by atoms with E-state index in [0.29, 0.717) is 25.0 Å². The Hall–Kier alpha value is -2.54. The topological polar surface area (TPSA) is 94.3 Å². The second-order valence-corrected chi connectivity index (χ2v) is 4.70. The van der Waals surface area contributed by atoms with Crippen molar-refractivity contribution in [2.24, 2.45) is 5.84 Å². The fourth-order valence-electron chi connectivity index (χ4n) is 2.09. The Morgan fingerprint density at radius 3 is 2.71 bits per heavy atom. The first-order valence-electron chi connectivity index (χ1n) is 6.73. The number of ether oxygens (including phenoxy) is 2. The average Bonchev–Trinajstić information content (AvgIpc) is 2.71. The largest absolute Gasteiger partial charge is 0.490 e. The number of aromatic nitrogens is 2. The third-order valence-electron chi connectivity index (χ3n) is 3.00. The van der Waals surface area contributed by atoms with Crippen LogP contribution in [0.5, 0.6) is 11.5 Å². The maximum atomic E-state index is 5.67. The van der Waals surface area contributed by atoms with Gasteiger partial charge in [0.1, 0.15) is 5.82 Å². The quantitative estimate of drug-likeness (QED) is 0.587. The highest BCUT2D eigenvalue weighted by Crippen LogP contribution is 2.33. The highest BCUT2D eigenvalue weighted by molar-refractivity contribution is 5.62. The Bertz CT molecular complexity index is 647. The van der Waals surface area contributed by atoms with E-state index in [0.717, 1.165) is 29.3 Å². The van der Waals surface area contributed by atoms with Gasteiger partial charge in [-0.15, -0.1) is 0 Å². The number of nitrogens with one attached hydrogen (secondary N) is 2. The molecule has 1 aliphatic heterocycles. The zero-order valence-corrected chi connectivity index (χ0v) is 11.7. The van der Waals surface area contributed by atoms with E-state index in [1.807, 2.05) is 31.2 Å². The normalized spacial score (nSPS) is 13.4. The number of nitrogen functional groups attached to an aromatic ring is 1. The lowest BCUT2D eigenvalue weighted by Crippen LogP contribution is -2.11. The van der Waals surface area contributed by atoms with Gasteiger partial charge in [0.25, 0.3) is 0 Å². The molecule has 0 radical (unpaired) electrons. The maximum absolute atomic E-state index is 5.67. The number of hydrogen-bond acceptors (Lipinski definition) is 7. The molecule has 0 atom stereocenters. The highest BCUT2D eigenvalue weighted by atomic mass is 16.5. The van der Waals surface area contributed by atoms with E-state index in [1.54, 1.807) is 0 Å². The van der Waals surface area contributed by atoms with Gasteiger partial charge in [-0.1, -0.05) is 0 Å². The van der Waals surface area contributed by atoms with Crippen LogP contribution >= 0.6 is 0 Å². The number of nitrogens with two attached hydrogens (primary N) is 1. The summed E-state index contributed by atoms with van der Waals surface area (Å²) in [5, 5.41) is 3.21. The number of nitrogens with zero attached hydrogens (tertiary/aromatic N) is 2. The van der Waals surface area contributed by atoms with Crippen LogP contribution in [0.2, 0.25) is 0 Å². The van der Waals surface area contributed by atoms with E-state index in [9.17, 15) is 0 Å². The van der Waals surface area contributed by atoms with Gasteiger partial charge >= 0.3 is 0 Å². The summed E-state index contributed by atoms with van der Waals surface area (Å²) in [6.07, 6.45) is 0.883. The molecule has 0 amide bonds. The summed E-state index contributed by atoms with van der Waals surface area (Å²) in [6, 6.07) is 7.54. The first-order valence-corrected chi connectivity index (χ1v) is 6.73. The Morgan fingerprint density at radius 2 is 1.90 bits per heavy atom. The van der Waals surface area contributed by atoms with Crippen molar-refractivity contribution in [3.05, 3.63) is 30.0 Å². The molecule has 0 spiro atoms. The Morgan fingerprint density at radius 1 is 1.10 bits per heavy atom.